The number of piperazine rings is 1. The van der Waals surface area contributed by atoms with Gasteiger partial charge in [-0.1, -0.05) is 24.3 Å². The molecule has 0 aliphatic carbocycles. The number of nitrogens with zero attached hydrogens (tertiary/aromatic N) is 3. The second kappa shape index (κ2) is 8.68. The van der Waals surface area contributed by atoms with Gasteiger partial charge in [-0.3, -0.25) is 9.59 Å². The summed E-state index contributed by atoms with van der Waals surface area (Å²) >= 11 is 0. The monoisotopic (exact) mass is 442 g/mol. The van der Waals surface area contributed by atoms with Crippen LogP contribution in [0.2, 0.25) is 0 Å². The van der Waals surface area contributed by atoms with E-state index in [-0.39, 0.29) is 18.4 Å². The average molecular weight is 443 g/mol. The Labute approximate surface area is 182 Å². The smallest absolute Gasteiger partial charge is 0.258 e. The predicted molar refractivity (Wildman–Crippen MR) is 120 cm³/mol. The third-order valence-electron chi connectivity index (χ3n) is 5.75. The van der Waals surface area contributed by atoms with Gasteiger partial charge in [-0.05, 0) is 36.2 Å². The number of carbonyl (C=O) groups is 2. The molecule has 2 aromatic rings. The van der Waals surface area contributed by atoms with Gasteiger partial charge in [0.15, 0.2) is 0 Å². The third-order valence-corrected chi connectivity index (χ3v) is 7.05. The Bertz CT molecular complexity index is 1090. The molecule has 0 spiro atoms. The molecule has 2 aromatic carbocycles. The first kappa shape index (κ1) is 21.3. The normalized spacial score (nSPS) is 16.8. The number of sulfonamides is 1. The minimum Gasteiger partial charge on any atom is -0.376 e. The van der Waals surface area contributed by atoms with Crippen molar-refractivity contribution in [3.8, 4) is 0 Å². The van der Waals surface area contributed by atoms with Crippen molar-refractivity contribution in [3.05, 3.63) is 59.7 Å². The number of hydrogen-bond donors (Lipinski definition) is 1. The van der Waals surface area contributed by atoms with Gasteiger partial charge in [-0.25, -0.2) is 8.42 Å². The van der Waals surface area contributed by atoms with Gasteiger partial charge in [-0.15, -0.1) is 0 Å². The highest BCUT2D eigenvalue weighted by atomic mass is 32.2. The zero-order chi connectivity index (χ0) is 22.0. The second-order valence-electron chi connectivity index (χ2n) is 7.81. The molecular weight excluding hydrogens is 416 g/mol. The van der Waals surface area contributed by atoms with Gasteiger partial charge >= 0.3 is 0 Å². The van der Waals surface area contributed by atoms with Crippen molar-refractivity contribution in [2.24, 2.45) is 0 Å². The van der Waals surface area contributed by atoms with Gasteiger partial charge in [0.25, 0.3) is 5.91 Å². The Hall–Kier alpha value is -2.91. The lowest BCUT2D eigenvalue weighted by molar-refractivity contribution is -0.130. The summed E-state index contributed by atoms with van der Waals surface area (Å²) in [4.78, 5) is 29.0. The minimum absolute atomic E-state index is 0.0585. The molecule has 0 aromatic heterocycles. The molecule has 4 rings (SSSR count). The third kappa shape index (κ3) is 4.72. The zero-order valence-electron chi connectivity index (χ0n) is 17.5. The Balaban J connectivity index is 1.35. The summed E-state index contributed by atoms with van der Waals surface area (Å²) in [6, 6.07) is 15.1. The van der Waals surface area contributed by atoms with Crippen LogP contribution in [0.15, 0.2) is 48.5 Å². The first-order valence-electron chi connectivity index (χ1n) is 10.3. The maximum Gasteiger partial charge on any atom is 0.258 e. The molecule has 0 radical (unpaired) electrons. The Morgan fingerprint density at radius 3 is 2.45 bits per heavy atom. The maximum atomic E-state index is 13.0. The lowest BCUT2D eigenvalue weighted by atomic mass is 10.1. The van der Waals surface area contributed by atoms with Crippen molar-refractivity contribution < 1.29 is 18.0 Å². The molecule has 0 atom stereocenters. The molecule has 2 heterocycles. The first-order valence-corrected chi connectivity index (χ1v) is 12.1. The lowest BCUT2D eigenvalue weighted by Gasteiger charge is -2.33. The fourth-order valence-electron chi connectivity index (χ4n) is 4.03. The van der Waals surface area contributed by atoms with Gasteiger partial charge < -0.3 is 15.1 Å². The van der Waals surface area contributed by atoms with Crippen LogP contribution in [0.3, 0.4) is 0 Å². The van der Waals surface area contributed by atoms with E-state index in [1.54, 1.807) is 28.0 Å². The zero-order valence-corrected chi connectivity index (χ0v) is 18.3. The highest BCUT2D eigenvalue weighted by Gasteiger charge is 2.27. The average Bonchev–Trinajstić information content (AvgIpc) is 3.21. The summed E-state index contributed by atoms with van der Waals surface area (Å²) in [5, 5.41) is 3.09. The second-order valence-corrected chi connectivity index (χ2v) is 9.80. The molecular formula is C22H26N4O4S. The van der Waals surface area contributed by atoms with E-state index >= 15 is 0 Å². The van der Waals surface area contributed by atoms with Crippen LogP contribution in [0.5, 0.6) is 0 Å². The van der Waals surface area contributed by atoms with Gasteiger partial charge in [0.2, 0.25) is 15.9 Å². The molecule has 1 N–H and O–H groups in total. The van der Waals surface area contributed by atoms with Gasteiger partial charge in [0.1, 0.15) is 0 Å². The van der Waals surface area contributed by atoms with Crippen LogP contribution in [-0.2, 0) is 21.2 Å². The van der Waals surface area contributed by atoms with Crippen LogP contribution in [0.1, 0.15) is 15.9 Å². The quantitative estimate of drug-likeness (QED) is 0.756. The largest absolute Gasteiger partial charge is 0.376 e. The molecule has 0 saturated carbocycles. The Kier molecular flexibility index (Phi) is 5.97. The lowest BCUT2D eigenvalue weighted by Crippen LogP contribution is -2.51. The molecule has 164 valence electrons. The SMILES string of the molecule is CS(=O)(=O)N1CCN(C(=O)CNc2cccc(C(=O)N3CCc4ccccc43)c2)CC1. The molecule has 2 aliphatic rings. The summed E-state index contributed by atoms with van der Waals surface area (Å²) in [7, 11) is -3.23. The number of amides is 2. The van der Waals surface area contributed by atoms with E-state index in [2.05, 4.69) is 5.32 Å². The molecule has 0 bridgehead atoms. The van der Waals surface area contributed by atoms with Crippen LogP contribution in [0, 0.1) is 0 Å². The Morgan fingerprint density at radius 1 is 0.968 bits per heavy atom. The van der Waals surface area contributed by atoms with Gasteiger partial charge in [0.05, 0.1) is 12.8 Å². The van der Waals surface area contributed by atoms with Crippen molar-refractivity contribution >= 4 is 33.2 Å². The van der Waals surface area contributed by atoms with E-state index in [1.165, 1.54) is 16.1 Å². The van der Waals surface area contributed by atoms with Crippen LogP contribution in [0.25, 0.3) is 0 Å². The number of nitrogens with one attached hydrogen (secondary N) is 1. The molecule has 31 heavy (non-hydrogen) atoms. The number of anilines is 2. The predicted octanol–water partition coefficient (Wildman–Crippen LogP) is 1.41. The van der Waals surface area contributed by atoms with E-state index in [9.17, 15) is 18.0 Å². The molecule has 9 heteroatoms. The summed E-state index contributed by atoms with van der Waals surface area (Å²) < 4.78 is 24.6. The van der Waals surface area contributed by atoms with E-state index in [1.807, 2.05) is 30.3 Å². The number of hydrogen-bond acceptors (Lipinski definition) is 5. The molecule has 1 fully saturated rings. The summed E-state index contributed by atoms with van der Waals surface area (Å²) in [6.07, 6.45) is 2.03. The number of para-hydroxylation sites is 1. The highest BCUT2D eigenvalue weighted by molar-refractivity contribution is 7.88. The van der Waals surface area contributed by atoms with Crippen molar-refractivity contribution in [2.45, 2.75) is 6.42 Å². The topological polar surface area (TPSA) is 90.0 Å². The molecule has 2 aliphatic heterocycles. The number of benzene rings is 2. The van der Waals surface area contributed by atoms with E-state index in [4.69, 9.17) is 0 Å². The van der Waals surface area contributed by atoms with Crippen molar-refractivity contribution in [3.63, 3.8) is 0 Å². The summed E-state index contributed by atoms with van der Waals surface area (Å²) in [6.45, 7) is 2.12. The van der Waals surface area contributed by atoms with E-state index in [0.717, 1.165) is 12.1 Å². The van der Waals surface area contributed by atoms with Crippen molar-refractivity contribution in [2.75, 3.05) is 55.7 Å². The van der Waals surface area contributed by atoms with Crippen LogP contribution in [-0.4, -0.2) is 75.0 Å². The fraction of sp³-hybridized carbons (Fsp3) is 0.364. The van der Waals surface area contributed by atoms with Gasteiger partial charge in [0, 0.05) is 49.7 Å². The minimum atomic E-state index is -3.23. The number of carbonyl (C=O) groups excluding carboxylic acids is 2. The Morgan fingerprint density at radius 2 is 1.71 bits per heavy atom. The van der Waals surface area contributed by atoms with Crippen molar-refractivity contribution in [1.82, 2.24) is 9.21 Å². The molecule has 8 nitrogen and oxygen atoms in total. The number of rotatable bonds is 5. The van der Waals surface area contributed by atoms with Gasteiger partial charge in [-0.2, -0.15) is 4.31 Å². The standard InChI is InChI=1S/C22H26N4O4S/c1-31(29,30)25-13-11-24(12-14-25)21(27)16-23-19-7-4-6-18(15-19)22(28)26-10-9-17-5-2-3-8-20(17)26/h2-8,15,23H,9-14,16H2,1H3. The highest BCUT2D eigenvalue weighted by Crippen LogP contribution is 2.29. The summed E-state index contributed by atoms with van der Waals surface area (Å²) in [5.41, 5.74) is 3.39. The maximum absolute atomic E-state index is 13.0. The van der Waals surface area contributed by atoms with Crippen molar-refractivity contribution in [1.29, 1.82) is 0 Å². The van der Waals surface area contributed by atoms with E-state index in [0.29, 0.717) is 44.0 Å². The van der Waals surface area contributed by atoms with Crippen LogP contribution < -0.4 is 10.2 Å². The molecule has 0 unspecified atom stereocenters. The molecule has 1 saturated heterocycles. The van der Waals surface area contributed by atoms with E-state index < -0.39 is 10.0 Å². The first-order chi connectivity index (χ1) is 14.8. The molecule has 2 amide bonds. The fourth-order valence-corrected chi connectivity index (χ4v) is 4.85. The summed E-state index contributed by atoms with van der Waals surface area (Å²) in [5.74, 6) is -0.157. The van der Waals surface area contributed by atoms with Crippen LogP contribution >= 0.6 is 0 Å². The number of fused-ring (bicyclic) bond motifs is 1. The van der Waals surface area contributed by atoms with Crippen LogP contribution in [0.4, 0.5) is 11.4 Å².